The SMILES string of the molecule is CC(C)(C)CC(N)(C(=O)O)C(C)(C)C. The van der Waals surface area contributed by atoms with Gasteiger partial charge in [0.1, 0.15) is 5.54 Å². The normalized spacial score (nSPS) is 17.6. The highest BCUT2D eigenvalue weighted by Crippen LogP contribution is 2.37. The van der Waals surface area contributed by atoms with Gasteiger partial charge in [0.15, 0.2) is 0 Å². The van der Waals surface area contributed by atoms with Gasteiger partial charge in [0.25, 0.3) is 0 Å². The Balaban J connectivity index is 5.04. The Morgan fingerprint density at radius 1 is 1.14 bits per heavy atom. The molecule has 0 saturated carbocycles. The number of rotatable bonds is 2. The molecule has 84 valence electrons. The number of carboxylic acid groups (broad SMARTS) is 1. The number of carbonyl (C=O) groups is 1. The molecule has 0 aromatic heterocycles. The van der Waals surface area contributed by atoms with E-state index in [0.717, 1.165) is 0 Å². The van der Waals surface area contributed by atoms with E-state index in [9.17, 15) is 9.90 Å². The Morgan fingerprint density at radius 2 is 1.50 bits per heavy atom. The van der Waals surface area contributed by atoms with Gasteiger partial charge in [-0.2, -0.15) is 0 Å². The third-order valence-electron chi connectivity index (χ3n) is 2.53. The van der Waals surface area contributed by atoms with Crippen LogP contribution in [0.4, 0.5) is 0 Å². The Kier molecular flexibility index (Phi) is 3.39. The van der Waals surface area contributed by atoms with E-state index >= 15 is 0 Å². The maximum Gasteiger partial charge on any atom is 0.324 e. The molecule has 0 aliphatic carbocycles. The molecule has 0 aromatic rings. The first-order valence-electron chi connectivity index (χ1n) is 4.92. The van der Waals surface area contributed by atoms with Gasteiger partial charge in [0.05, 0.1) is 0 Å². The number of hydrogen-bond donors (Lipinski definition) is 2. The summed E-state index contributed by atoms with van der Waals surface area (Å²) in [6.07, 6.45) is 0.471. The Hall–Kier alpha value is -0.570. The van der Waals surface area contributed by atoms with Gasteiger partial charge >= 0.3 is 5.97 Å². The number of aliphatic carboxylic acids is 1. The summed E-state index contributed by atoms with van der Waals surface area (Å²) in [5.41, 5.74) is 4.32. The highest BCUT2D eigenvalue weighted by molar-refractivity contribution is 5.79. The lowest BCUT2D eigenvalue weighted by Gasteiger charge is -2.41. The lowest BCUT2D eigenvalue weighted by molar-refractivity contribution is -0.149. The molecular formula is C11H23NO2. The van der Waals surface area contributed by atoms with E-state index < -0.39 is 16.9 Å². The third-order valence-corrected chi connectivity index (χ3v) is 2.53. The van der Waals surface area contributed by atoms with Crippen molar-refractivity contribution in [3.05, 3.63) is 0 Å². The monoisotopic (exact) mass is 201 g/mol. The summed E-state index contributed by atoms with van der Waals surface area (Å²) in [5.74, 6) is -0.917. The maximum absolute atomic E-state index is 11.2. The van der Waals surface area contributed by atoms with E-state index in [0.29, 0.717) is 6.42 Å². The van der Waals surface area contributed by atoms with Crippen molar-refractivity contribution >= 4 is 5.97 Å². The molecule has 0 bridgehead atoms. The molecule has 1 atom stereocenters. The highest BCUT2D eigenvalue weighted by Gasteiger charge is 2.47. The molecule has 1 unspecified atom stereocenters. The molecular weight excluding hydrogens is 178 g/mol. The minimum atomic E-state index is -1.16. The highest BCUT2D eigenvalue weighted by atomic mass is 16.4. The van der Waals surface area contributed by atoms with Crippen LogP contribution in [0, 0.1) is 10.8 Å². The fourth-order valence-electron chi connectivity index (χ4n) is 1.50. The van der Waals surface area contributed by atoms with Crippen molar-refractivity contribution in [2.45, 2.75) is 53.5 Å². The average Bonchev–Trinajstić information content (AvgIpc) is 1.79. The minimum absolute atomic E-state index is 0.0829. The Morgan fingerprint density at radius 3 is 1.57 bits per heavy atom. The lowest BCUT2D eigenvalue weighted by Crippen LogP contribution is -2.59. The summed E-state index contributed by atoms with van der Waals surface area (Å²) < 4.78 is 0. The zero-order valence-corrected chi connectivity index (χ0v) is 10.1. The summed E-state index contributed by atoms with van der Waals surface area (Å²) in [5, 5.41) is 9.21. The van der Waals surface area contributed by atoms with Gasteiger partial charge in [-0.3, -0.25) is 4.79 Å². The van der Waals surface area contributed by atoms with Gasteiger partial charge in [-0.15, -0.1) is 0 Å². The van der Waals surface area contributed by atoms with Crippen LogP contribution in [0.25, 0.3) is 0 Å². The van der Waals surface area contributed by atoms with Crippen LogP contribution in [0.2, 0.25) is 0 Å². The van der Waals surface area contributed by atoms with Crippen molar-refractivity contribution in [1.29, 1.82) is 0 Å². The molecule has 3 nitrogen and oxygen atoms in total. The molecule has 0 fully saturated rings. The molecule has 0 aromatic carbocycles. The zero-order valence-electron chi connectivity index (χ0n) is 10.1. The van der Waals surface area contributed by atoms with Gasteiger partial charge in [0, 0.05) is 0 Å². The van der Waals surface area contributed by atoms with Crippen LogP contribution in [0.5, 0.6) is 0 Å². The van der Waals surface area contributed by atoms with Crippen LogP contribution in [0.1, 0.15) is 48.0 Å². The molecule has 0 aliphatic heterocycles. The predicted octanol–water partition coefficient (Wildman–Crippen LogP) is 2.25. The van der Waals surface area contributed by atoms with Gasteiger partial charge in [-0.05, 0) is 17.3 Å². The van der Waals surface area contributed by atoms with Crippen molar-refractivity contribution in [2.75, 3.05) is 0 Å². The van der Waals surface area contributed by atoms with Crippen LogP contribution in [0.3, 0.4) is 0 Å². The average molecular weight is 201 g/mol. The second-order valence-corrected chi connectivity index (χ2v) is 6.26. The van der Waals surface area contributed by atoms with E-state index in [-0.39, 0.29) is 5.41 Å². The lowest BCUT2D eigenvalue weighted by atomic mass is 9.67. The number of hydrogen-bond acceptors (Lipinski definition) is 2. The smallest absolute Gasteiger partial charge is 0.324 e. The first-order chi connectivity index (χ1) is 5.90. The Labute approximate surface area is 86.7 Å². The molecule has 0 heterocycles. The topological polar surface area (TPSA) is 63.3 Å². The van der Waals surface area contributed by atoms with Gasteiger partial charge < -0.3 is 10.8 Å². The zero-order chi connectivity index (χ0) is 11.8. The van der Waals surface area contributed by atoms with Crippen LogP contribution >= 0.6 is 0 Å². The van der Waals surface area contributed by atoms with Crippen molar-refractivity contribution in [3.8, 4) is 0 Å². The third kappa shape index (κ3) is 2.98. The second-order valence-electron chi connectivity index (χ2n) is 6.26. The summed E-state index contributed by atoms with van der Waals surface area (Å²) in [7, 11) is 0. The van der Waals surface area contributed by atoms with E-state index in [1.54, 1.807) is 0 Å². The summed E-state index contributed by atoms with van der Waals surface area (Å²) in [4.78, 5) is 11.2. The molecule has 0 rings (SSSR count). The largest absolute Gasteiger partial charge is 0.480 e. The van der Waals surface area contributed by atoms with Gasteiger partial charge in [-0.25, -0.2) is 0 Å². The Bertz CT molecular complexity index is 222. The minimum Gasteiger partial charge on any atom is -0.480 e. The molecule has 0 saturated heterocycles. The molecule has 0 amide bonds. The quantitative estimate of drug-likeness (QED) is 0.720. The molecule has 0 spiro atoms. The van der Waals surface area contributed by atoms with Crippen molar-refractivity contribution in [3.63, 3.8) is 0 Å². The first-order valence-corrected chi connectivity index (χ1v) is 4.92. The second kappa shape index (κ2) is 3.54. The summed E-state index contributed by atoms with van der Waals surface area (Å²) >= 11 is 0. The van der Waals surface area contributed by atoms with Gasteiger partial charge in [0.2, 0.25) is 0 Å². The van der Waals surface area contributed by atoms with Crippen LogP contribution < -0.4 is 5.73 Å². The van der Waals surface area contributed by atoms with Crippen LogP contribution in [-0.2, 0) is 4.79 Å². The number of carboxylic acids is 1. The summed E-state index contributed by atoms with van der Waals surface area (Å²) in [6.45, 7) is 11.6. The van der Waals surface area contributed by atoms with Crippen molar-refractivity contribution in [2.24, 2.45) is 16.6 Å². The fourth-order valence-corrected chi connectivity index (χ4v) is 1.50. The maximum atomic E-state index is 11.2. The van der Waals surface area contributed by atoms with Crippen LogP contribution in [0.15, 0.2) is 0 Å². The van der Waals surface area contributed by atoms with E-state index in [2.05, 4.69) is 0 Å². The molecule has 3 N–H and O–H groups in total. The van der Waals surface area contributed by atoms with E-state index in [1.807, 2.05) is 41.5 Å². The fraction of sp³-hybridized carbons (Fsp3) is 0.909. The van der Waals surface area contributed by atoms with E-state index in [4.69, 9.17) is 5.73 Å². The van der Waals surface area contributed by atoms with Crippen molar-refractivity contribution < 1.29 is 9.90 Å². The molecule has 14 heavy (non-hydrogen) atoms. The molecule has 0 radical (unpaired) electrons. The van der Waals surface area contributed by atoms with Crippen LogP contribution in [-0.4, -0.2) is 16.6 Å². The van der Waals surface area contributed by atoms with Gasteiger partial charge in [-0.1, -0.05) is 41.5 Å². The predicted molar refractivity (Wildman–Crippen MR) is 58.1 cm³/mol. The first kappa shape index (κ1) is 13.4. The van der Waals surface area contributed by atoms with Crippen molar-refractivity contribution in [1.82, 2.24) is 0 Å². The molecule has 3 heteroatoms. The molecule has 0 aliphatic rings. The standard InChI is InChI=1S/C11H23NO2/c1-9(2,3)7-11(12,8(13)14)10(4,5)6/h7,12H2,1-6H3,(H,13,14). The summed E-state index contributed by atoms with van der Waals surface area (Å²) in [6, 6.07) is 0. The van der Waals surface area contributed by atoms with E-state index in [1.165, 1.54) is 0 Å². The number of nitrogens with two attached hydrogens (primary N) is 1.